The van der Waals surface area contributed by atoms with E-state index >= 15 is 0 Å². The molecule has 1 aliphatic heterocycles. The number of carboxylic acid groups (broad SMARTS) is 1. The van der Waals surface area contributed by atoms with Gasteiger partial charge in [-0.2, -0.15) is 5.10 Å². The number of aromatic nitrogens is 3. The van der Waals surface area contributed by atoms with Crippen LogP contribution in [0, 0.1) is 5.41 Å². The molecule has 0 spiro atoms. The number of aliphatic carboxylic acids is 1. The summed E-state index contributed by atoms with van der Waals surface area (Å²) in [5.41, 5.74) is 0.121. The Labute approximate surface area is 101 Å². The van der Waals surface area contributed by atoms with E-state index in [0.717, 1.165) is 25.2 Å². The van der Waals surface area contributed by atoms with Gasteiger partial charge < -0.3 is 5.11 Å². The summed E-state index contributed by atoms with van der Waals surface area (Å²) in [5, 5.41) is 13.6. The molecule has 0 saturated carbocycles. The van der Waals surface area contributed by atoms with Crippen molar-refractivity contribution in [3.8, 4) is 0 Å². The Morgan fingerprint density at radius 3 is 2.82 bits per heavy atom. The minimum absolute atomic E-state index is 0.121. The van der Waals surface area contributed by atoms with Crippen molar-refractivity contribution in [3.05, 3.63) is 11.6 Å². The van der Waals surface area contributed by atoms with Gasteiger partial charge in [0.05, 0.1) is 0 Å². The summed E-state index contributed by atoms with van der Waals surface area (Å²) in [6.45, 7) is 7.17. The number of fused-ring (bicyclic) bond motifs is 1. The fourth-order valence-electron chi connectivity index (χ4n) is 2.18. The number of nitrogens with zero attached hydrogens (tertiary/aromatic N) is 3. The molecule has 2 rings (SSSR count). The second kappa shape index (κ2) is 4.13. The number of carbonyl (C=O) groups is 1. The van der Waals surface area contributed by atoms with Crippen molar-refractivity contribution in [2.45, 2.75) is 52.5 Å². The van der Waals surface area contributed by atoms with Crippen LogP contribution in [0.25, 0.3) is 0 Å². The fraction of sp³-hybridized carbons (Fsp3) is 0.750. The van der Waals surface area contributed by atoms with Crippen molar-refractivity contribution in [2.24, 2.45) is 5.41 Å². The highest BCUT2D eigenvalue weighted by atomic mass is 16.4. The number of hydrogen-bond donors (Lipinski definition) is 1. The lowest BCUT2D eigenvalue weighted by atomic mass is 9.92. The van der Waals surface area contributed by atoms with E-state index in [4.69, 9.17) is 5.11 Å². The maximum atomic E-state index is 11.1. The average molecular weight is 237 g/mol. The Kier molecular flexibility index (Phi) is 2.93. The average Bonchev–Trinajstić information content (AvgIpc) is 2.55. The molecule has 94 valence electrons. The Hall–Kier alpha value is -1.39. The first-order valence-corrected chi connectivity index (χ1v) is 6.03. The van der Waals surface area contributed by atoms with Crippen LogP contribution >= 0.6 is 0 Å². The molecular weight excluding hydrogens is 218 g/mol. The van der Waals surface area contributed by atoms with Gasteiger partial charge >= 0.3 is 5.97 Å². The molecule has 0 amide bonds. The Morgan fingerprint density at radius 2 is 2.24 bits per heavy atom. The van der Waals surface area contributed by atoms with Crippen molar-refractivity contribution >= 4 is 5.97 Å². The molecule has 5 heteroatoms. The SMILES string of the molecule is CC(C)(C)Cc1nc2n(n1)CCCC2C(=O)O. The van der Waals surface area contributed by atoms with E-state index in [1.165, 1.54) is 0 Å². The van der Waals surface area contributed by atoms with Gasteiger partial charge in [0.1, 0.15) is 11.7 Å². The van der Waals surface area contributed by atoms with Crippen molar-refractivity contribution in [1.82, 2.24) is 14.8 Å². The molecule has 17 heavy (non-hydrogen) atoms. The summed E-state index contributed by atoms with van der Waals surface area (Å²) in [6, 6.07) is 0. The number of aryl methyl sites for hydroxylation is 1. The van der Waals surface area contributed by atoms with Gasteiger partial charge in [0, 0.05) is 13.0 Å². The largest absolute Gasteiger partial charge is 0.481 e. The molecule has 2 heterocycles. The van der Waals surface area contributed by atoms with Crippen LogP contribution in [0.3, 0.4) is 0 Å². The first-order chi connectivity index (χ1) is 7.87. The second-order valence-corrected chi connectivity index (χ2v) is 5.88. The number of hydrogen-bond acceptors (Lipinski definition) is 3. The molecule has 1 aliphatic rings. The first kappa shape index (κ1) is 12.1. The summed E-state index contributed by atoms with van der Waals surface area (Å²) in [5.74, 6) is 0.120. The van der Waals surface area contributed by atoms with Crippen LogP contribution in [-0.2, 0) is 17.8 Å². The molecule has 0 radical (unpaired) electrons. The summed E-state index contributed by atoms with van der Waals surface area (Å²) in [7, 11) is 0. The zero-order chi connectivity index (χ0) is 12.6. The van der Waals surface area contributed by atoms with E-state index in [2.05, 4.69) is 30.9 Å². The van der Waals surface area contributed by atoms with Gasteiger partial charge in [0.2, 0.25) is 0 Å². The van der Waals surface area contributed by atoms with E-state index in [9.17, 15) is 4.79 Å². The molecule has 1 atom stereocenters. The zero-order valence-electron chi connectivity index (χ0n) is 10.6. The zero-order valence-corrected chi connectivity index (χ0v) is 10.6. The van der Waals surface area contributed by atoms with Crippen molar-refractivity contribution in [3.63, 3.8) is 0 Å². The molecular formula is C12H19N3O2. The van der Waals surface area contributed by atoms with Crippen LogP contribution in [0.1, 0.15) is 51.2 Å². The molecule has 0 saturated heterocycles. The minimum atomic E-state index is -0.791. The van der Waals surface area contributed by atoms with Crippen LogP contribution in [-0.4, -0.2) is 25.8 Å². The normalized spacial score (nSPS) is 20.1. The Morgan fingerprint density at radius 1 is 1.53 bits per heavy atom. The molecule has 0 fully saturated rings. The van der Waals surface area contributed by atoms with Gasteiger partial charge in [-0.15, -0.1) is 0 Å². The summed E-state index contributed by atoms with van der Waals surface area (Å²) < 4.78 is 1.77. The lowest BCUT2D eigenvalue weighted by Crippen LogP contribution is -2.22. The summed E-state index contributed by atoms with van der Waals surface area (Å²) >= 11 is 0. The summed E-state index contributed by atoms with van der Waals surface area (Å²) in [4.78, 5) is 15.5. The van der Waals surface area contributed by atoms with Gasteiger partial charge in [0.15, 0.2) is 5.82 Å². The van der Waals surface area contributed by atoms with Crippen LogP contribution in [0.4, 0.5) is 0 Å². The molecule has 5 nitrogen and oxygen atoms in total. The molecule has 1 aromatic rings. The highest BCUT2D eigenvalue weighted by Gasteiger charge is 2.30. The lowest BCUT2D eigenvalue weighted by Gasteiger charge is -2.17. The maximum absolute atomic E-state index is 11.1. The third kappa shape index (κ3) is 2.65. The van der Waals surface area contributed by atoms with E-state index in [1.54, 1.807) is 4.68 Å². The summed E-state index contributed by atoms with van der Waals surface area (Å²) in [6.07, 6.45) is 2.31. The fourth-order valence-corrected chi connectivity index (χ4v) is 2.18. The number of carboxylic acids is 1. The molecule has 0 aliphatic carbocycles. The van der Waals surface area contributed by atoms with Crippen molar-refractivity contribution in [2.75, 3.05) is 0 Å². The third-order valence-electron chi connectivity index (χ3n) is 2.91. The van der Waals surface area contributed by atoms with Crippen molar-refractivity contribution in [1.29, 1.82) is 0 Å². The topological polar surface area (TPSA) is 68.0 Å². The smallest absolute Gasteiger partial charge is 0.314 e. The van der Waals surface area contributed by atoms with Crippen LogP contribution < -0.4 is 0 Å². The Balaban J connectivity index is 2.28. The monoisotopic (exact) mass is 237 g/mol. The minimum Gasteiger partial charge on any atom is -0.481 e. The van der Waals surface area contributed by atoms with E-state index in [0.29, 0.717) is 12.2 Å². The predicted molar refractivity (Wildman–Crippen MR) is 62.8 cm³/mol. The van der Waals surface area contributed by atoms with Gasteiger partial charge in [-0.1, -0.05) is 20.8 Å². The highest BCUT2D eigenvalue weighted by molar-refractivity contribution is 5.75. The molecule has 0 aromatic carbocycles. The van der Waals surface area contributed by atoms with E-state index < -0.39 is 11.9 Å². The van der Waals surface area contributed by atoms with Gasteiger partial charge in [-0.3, -0.25) is 4.79 Å². The van der Waals surface area contributed by atoms with Crippen LogP contribution in [0.2, 0.25) is 0 Å². The first-order valence-electron chi connectivity index (χ1n) is 6.03. The predicted octanol–water partition coefficient (Wildman–Crippen LogP) is 1.83. The van der Waals surface area contributed by atoms with Crippen LogP contribution in [0.15, 0.2) is 0 Å². The van der Waals surface area contributed by atoms with Gasteiger partial charge in [0.25, 0.3) is 0 Å². The Bertz CT molecular complexity index is 431. The maximum Gasteiger partial charge on any atom is 0.314 e. The highest BCUT2D eigenvalue weighted by Crippen LogP contribution is 2.27. The molecule has 1 N–H and O–H groups in total. The standard InChI is InChI=1S/C12H19N3O2/c1-12(2,3)7-9-13-10-8(11(16)17)5-4-6-15(10)14-9/h8H,4-7H2,1-3H3,(H,16,17). The van der Waals surface area contributed by atoms with E-state index in [-0.39, 0.29) is 5.41 Å². The van der Waals surface area contributed by atoms with Crippen molar-refractivity contribution < 1.29 is 9.90 Å². The second-order valence-electron chi connectivity index (χ2n) is 5.88. The number of rotatable bonds is 2. The van der Waals surface area contributed by atoms with Crippen LogP contribution in [0.5, 0.6) is 0 Å². The van der Waals surface area contributed by atoms with E-state index in [1.807, 2.05) is 0 Å². The van der Waals surface area contributed by atoms with Gasteiger partial charge in [-0.25, -0.2) is 9.67 Å². The molecule has 1 aromatic heterocycles. The van der Waals surface area contributed by atoms with Gasteiger partial charge in [-0.05, 0) is 18.3 Å². The third-order valence-corrected chi connectivity index (χ3v) is 2.91. The molecule has 0 bridgehead atoms. The quantitative estimate of drug-likeness (QED) is 0.852. The molecule has 1 unspecified atom stereocenters. The lowest BCUT2D eigenvalue weighted by molar-refractivity contribution is -0.139.